The number of aromatic nitrogens is 1. The van der Waals surface area contributed by atoms with Gasteiger partial charge in [0, 0.05) is 14.1 Å². The van der Waals surface area contributed by atoms with Crippen LogP contribution in [0.3, 0.4) is 0 Å². The molecule has 0 aliphatic heterocycles. The summed E-state index contributed by atoms with van der Waals surface area (Å²) < 4.78 is 0.688. The summed E-state index contributed by atoms with van der Waals surface area (Å²) in [6.45, 7) is 0. The molecular weight excluding hydrogens is 226 g/mol. The molecule has 2 rings (SSSR count). The molecule has 0 radical (unpaired) electrons. The number of phenols is 1. The number of hydrogen-bond acceptors (Lipinski definition) is 4. The summed E-state index contributed by atoms with van der Waals surface area (Å²) in [5.41, 5.74) is 0.691. The lowest BCUT2D eigenvalue weighted by Crippen LogP contribution is -2.34. The minimum absolute atomic E-state index is 0.187. The van der Waals surface area contributed by atoms with E-state index in [-0.39, 0.29) is 11.8 Å². The molecule has 2 amide bonds. The van der Waals surface area contributed by atoms with Gasteiger partial charge in [-0.25, -0.2) is 9.78 Å². The summed E-state index contributed by atoms with van der Waals surface area (Å²) >= 11 is 1.28. The van der Waals surface area contributed by atoms with Crippen molar-refractivity contribution in [1.29, 1.82) is 0 Å². The van der Waals surface area contributed by atoms with Gasteiger partial charge in [0.05, 0.1) is 10.2 Å². The van der Waals surface area contributed by atoms with Gasteiger partial charge in [-0.05, 0) is 12.1 Å². The topological polar surface area (TPSA) is 65.5 Å². The lowest BCUT2D eigenvalue weighted by atomic mass is 10.3. The number of hydrogen-bond donors (Lipinski definition) is 2. The standard InChI is InChI=1S/C10H11N3O2S/c1-11-9(15)13(2)10-12-6-4-3-5-7(14)8(6)16-10/h3-5,14H,1-2H3,(H,11,15). The highest BCUT2D eigenvalue weighted by Crippen LogP contribution is 2.33. The number of anilines is 1. The van der Waals surface area contributed by atoms with Crippen molar-refractivity contribution < 1.29 is 9.90 Å². The average molecular weight is 237 g/mol. The number of urea groups is 1. The number of nitrogens with zero attached hydrogens (tertiary/aromatic N) is 2. The van der Waals surface area contributed by atoms with Crippen LogP contribution in [0.15, 0.2) is 18.2 Å². The van der Waals surface area contributed by atoms with Crippen molar-refractivity contribution in [3.63, 3.8) is 0 Å². The van der Waals surface area contributed by atoms with Gasteiger partial charge in [0.2, 0.25) is 0 Å². The summed E-state index contributed by atoms with van der Waals surface area (Å²) in [5, 5.41) is 12.7. The predicted octanol–water partition coefficient (Wildman–Crippen LogP) is 1.78. The molecule has 5 nitrogen and oxygen atoms in total. The molecule has 0 fully saturated rings. The third-order valence-electron chi connectivity index (χ3n) is 2.19. The Morgan fingerprint density at radius 1 is 1.56 bits per heavy atom. The lowest BCUT2D eigenvalue weighted by molar-refractivity contribution is 0.249. The fourth-order valence-corrected chi connectivity index (χ4v) is 2.26. The van der Waals surface area contributed by atoms with Crippen molar-refractivity contribution >= 4 is 32.7 Å². The van der Waals surface area contributed by atoms with Gasteiger partial charge in [-0.15, -0.1) is 0 Å². The van der Waals surface area contributed by atoms with E-state index in [0.717, 1.165) is 0 Å². The quantitative estimate of drug-likeness (QED) is 0.794. The number of aromatic hydroxyl groups is 1. The smallest absolute Gasteiger partial charge is 0.323 e. The zero-order valence-electron chi connectivity index (χ0n) is 8.89. The van der Waals surface area contributed by atoms with Gasteiger partial charge in [-0.2, -0.15) is 0 Å². The molecule has 1 aromatic heterocycles. The third kappa shape index (κ3) is 1.67. The number of rotatable bonds is 1. The molecule has 0 atom stereocenters. The predicted molar refractivity (Wildman–Crippen MR) is 64.1 cm³/mol. The number of amides is 2. The van der Waals surface area contributed by atoms with Crippen LogP contribution in [0.4, 0.5) is 9.93 Å². The second-order valence-electron chi connectivity index (χ2n) is 3.24. The molecule has 6 heteroatoms. The normalized spacial score (nSPS) is 10.4. The number of benzene rings is 1. The number of phenolic OH excluding ortho intramolecular Hbond substituents is 1. The Balaban J connectivity index is 2.47. The van der Waals surface area contributed by atoms with Crippen molar-refractivity contribution in [2.45, 2.75) is 0 Å². The first-order valence-electron chi connectivity index (χ1n) is 4.67. The van der Waals surface area contributed by atoms with Gasteiger partial charge >= 0.3 is 6.03 Å². The molecule has 0 saturated carbocycles. The van der Waals surface area contributed by atoms with E-state index in [4.69, 9.17) is 0 Å². The molecule has 0 bridgehead atoms. The summed E-state index contributed by atoms with van der Waals surface area (Å²) in [4.78, 5) is 17.1. The Bertz CT molecular complexity index is 538. The van der Waals surface area contributed by atoms with Gasteiger partial charge in [-0.3, -0.25) is 4.90 Å². The summed E-state index contributed by atoms with van der Waals surface area (Å²) in [6.07, 6.45) is 0. The molecule has 2 N–H and O–H groups in total. The highest BCUT2D eigenvalue weighted by atomic mass is 32.1. The fourth-order valence-electron chi connectivity index (χ4n) is 1.32. The monoisotopic (exact) mass is 237 g/mol. The van der Waals surface area contributed by atoms with E-state index in [1.54, 1.807) is 32.3 Å². The summed E-state index contributed by atoms with van der Waals surface area (Å²) in [7, 11) is 3.19. The van der Waals surface area contributed by atoms with E-state index in [1.807, 2.05) is 0 Å². The Morgan fingerprint density at radius 3 is 2.94 bits per heavy atom. The molecule has 0 saturated heterocycles. The molecule has 0 aliphatic carbocycles. The maximum Gasteiger partial charge on any atom is 0.323 e. The molecule has 0 spiro atoms. The second kappa shape index (κ2) is 3.97. The van der Waals surface area contributed by atoms with Gasteiger partial charge in [0.15, 0.2) is 5.13 Å². The minimum Gasteiger partial charge on any atom is -0.506 e. The fraction of sp³-hybridized carbons (Fsp3) is 0.200. The van der Waals surface area contributed by atoms with E-state index in [0.29, 0.717) is 15.3 Å². The van der Waals surface area contributed by atoms with Gasteiger partial charge < -0.3 is 10.4 Å². The highest BCUT2D eigenvalue weighted by Gasteiger charge is 2.14. The van der Waals surface area contributed by atoms with Crippen LogP contribution in [0, 0.1) is 0 Å². The maximum absolute atomic E-state index is 11.4. The van der Waals surface area contributed by atoms with Crippen LogP contribution in [0.5, 0.6) is 5.75 Å². The number of carbonyl (C=O) groups is 1. The first-order valence-corrected chi connectivity index (χ1v) is 5.49. The first kappa shape index (κ1) is 10.7. The van der Waals surface area contributed by atoms with Crippen LogP contribution in [0.2, 0.25) is 0 Å². The van der Waals surface area contributed by atoms with Crippen molar-refractivity contribution in [3.05, 3.63) is 18.2 Å². The number of thiazole rings is 1. The molecular formula is C10H11N3O2S. The maximum atomic E-state index is 11.4. The van der Waals surface area contributed by atoms with E-state index >= 15 is 0 Å². The number of fused-ring (bicyclic) bond motifs is 1. The first-order chi connectivity index (χ1) is 7.63. The van der Waals surface area contributed by atoms with E-state index in [1.165, 1.54) is 16.2 Å². The number of nitrogens with one attached hydrogen (secondary N) is 1. The molecule has 0 unspecified atom stereocenters. The van der Waals surface area contributed by atoms with Crippen molar-refractivity contribution in [2.24, 2.45) is 0 Å². The Morgan fingerprint density at radius 2 is 2.31 bits per heavy atom. The van der Waals surface area contributed by atoms with E-state index in [2.05, 4.69) is 10.3 Å². The summed E-state index contributed by atoms with van der Waals surface area (Å²) in [6, 6.07) is 4.89. The Labute approximate surface area is 96.3 Å². The Kier molecular flexibility index (Phi) is 2.66. The van der Waals surface area contributed by atoms with Crippen LogP contribution in [-0.4, -0.2) is 30.2 Å². The molecule has 84 valence electrons. The van der Waals surface area contributed by atoms with Crippen LogP contribution in [-0.2, 0) is 0 Å². The third-order valence-corrected chi connectivity index (χ3v) is 3.36. The van der Waals surface area contributed by atoms with Crippen molar-refractivity contribution in [2.75, 3.05) is 19.0 Å². The lowest BCUT2D eigenvalue weighted by Gasteiger charge is -2.11. The van der Waals surface area contributed by atoms with Gasteiger partial charge in [-0.1, -0.05) is 17.4 Å². The zero-order chi connectivity index (χ0) is 11.7. The molecule has 0 aliphatic rings. The average Bonchev–Trinajstić information content (AvgIpc) is 2.72. The molecule has 1 aromatic carbocycles. The summed E-state index contributed by atoms with van der Waals surface area (Å²) in [5.74, 6) is 0.187. The van der Waals surface area contributed by atoms with Crippen LogP contribution < -0.4 is 10.2 Å². The second-order valence-corrected chi connectivity index (χ2v) is 4.21. The van der Waals surface area contributed by atoms with Gasteiger partial charge in [0.1, 0.15) is 5.75 Å². The van der Waals surface area contributed by atoms with E-state index < -0.39 is 0 Å². The Hall–Kier alpha value is -1.82. The molecule has 1 heterocycles. The zero-order valence-corrected chi connectivity index (χ0v) is 9.71. The van der Waals surface area contributed by atoms with E-state index in [9.17, 15) is 9.90 Å². The van der Waals surface area contributed by atoms with Crippen LogP contribution in [0.1, 0.15) is 0 Å². The van der Waals surface area contributed by atoms with Crippen LogP contribution >= 0.6 is 11.3 Å². The minimum atomic E-state index is -0.237. The number of carbonyl (C=O) groups excluding carboxylic acids is 1. The largest absolute Gasteiger partial charge is 0.506 e. The molecule has 16 heavy (non-hydrogen) atoms. The SMILES string of the molecule is CNC(=O)N(C)c1nc2cccc(O)c2s1. The van der Waals surface area contributed by atoms with Crippen molar-refractivity contribution in [3.8, 4) is 5.75 Å². The van der Waals surface area contributed by atoms with Gasteiger partial charge in [0.25, 0.3) is 0 Å². The molecule has 2 aromatic rings. The highest BCUT2D eigenvalue weighted by molar-refractivity contribution is 7.22. The van der Waals surface area contributed by atoms with Crippen LogP contribution in [0.25, 0.3) is 10.2 Å². The van der Waals surface area contributed by atoms with Crippen molar-refractivity contribution in [1.82, 2.24) is 10.3 Å².